The fourth-order valence-electron chi connectivity index (χ4n) is 1.41. The molecule has 1 fully saturated rings. The minimum Gasteiger partial charge on any atom is -0.368 e. The fraction of sp³-hybridized carbons (Fsp3) is 0.714. The molecule has 0 aromatic heterocycles. The summed E-state index contributed by atoms with van der Waals surface area (Å²) in [6.07, 6.45) is -1.19. The van der Waals surface area contributed by atoms with Gasteiger partial charge in [0.05, 0.1) is 6.54 Å². The van der Waals surface area contributed by atoms with Gasteiger partial charge in [-0.05, 0) is 0 Å². The summed E-state index contributed by atoms with van der Waals surface area (Å²) in [5, 5.41) is 0. The van der Waals surface area contributed by atoms with Crippen LogP contribution in [0.1, 0.15) is 6.42 Å². The fourth-order valence-corrected chi connectivity index (χ4v) is 1.56. The second-order valence-corrected chi connectivity index (χ2v) is 3.20. The molecule has 1 aliphatic rings. The van der Waals surface area contributed by atoms with Crippen LogP contribution in [0.3, 0.4) is 0 Å². The van der Waals surface area contributed by atoms with Gasteiger partial charge in [0.15, 0.2) is 0 Å². The van der Waals surface area contributed by atoms with E-state index >= 15 is 0 Å². The van der Waals surface area contributed by atoms with Gasteiger partial charge in [0.2, 0.25) is 11.8 Å². The Balaban J connectivity index is 2.71. The smallest absolute Gasteiger partial charge is 0.240 e. The molecule has 0 saturated carbocycles. The minimum absolute atomic E-state index is 0.0159. The first-order valence-corrected chi connectivity index (χ1v) is 4.38. The van der Waals surface area contributed by atoms with Crippen LogP contribution in [0.4, 0.5) is 4.39 Å². The van der Waals surface area contributed by atoms with Gasteiger partial charge in [0.25, 0.3) is 0 Å². The van der Waals surface area contributed by atoms with Gasteiger partial charge in [-0.1, -0.05) is 0 Å². The molecule has 0 aromatic rings. The Labute approximate surface area is 79.8 Å². The number of primary amides is 1. The molecule has 0 spiro atoms. The van der Waals surface area contributed by atoms with Crippen LogP contribution >= 0.6 is 11.6 Å². The lowest BCUT2D eigenvalue weighted by Gasteiger charge is -2.20. The summed E-state index contributed by atoms with van der Waals surface area (Å²) in [4.78, 5) is 23.0. The second kappa shape index (κ2) is 3.91. The van der Waals surface area contributed by atoms with Crippen molar-refractivity contribution in [2.45, 2.75) is 18.6 Å². The lowest BCUT2D eigenvalue weighted by atomic mass is 10.2. The molecule has 1 rings (SSSR count). The van der Waals surface area contributed by atoms with Crippen molar-refractivity contribution in [3.05, 3.63) is 0 Å². The molecule has 6 heteroatoms. The molecule has 2 unspecified atom stereocenters. The first-order valence-electron chi connectivity index (χ1n) is 3.85. The standard InChI is InChI=1S/C7H10ClFN2O2/c8-2-6(12)11-3-4(9)1-5(11)7(10)13/h4-5H,1-3H2,(H2,10,13). The van der Waals surface area contributed by atoms with Crippen LogP contribution in [0, 0.1) is 0 Å². The third kappa shape index (κ3) is 2.09. The Morgan fingerprint density at radius 1 is 1.62 bits per heavy atom. The van der Waals surface area contributed by atoms with E-state index in [4.69, 9.17) is 17.3 Å². The molecule has 0 bridgehead atoms. The highest BCUT2D eigenvalue weighted by Gasteiger charge is 2.38. The van der Waals surface area contributed by atoms with Crippen LogP contribution in [0.25, 0.3) is 0 Å². The Kier molecular flexibility index (Phi) is 3.08. The normalized spacial score (nSPS) is 27.7. The van der Waals surface area contributed by atoms with Gasteiger partial charge in [0.1, 0.15) is 18.1 Å². The van der Waals surface area contributed by atoms with Crippen molar-refractivity contribution in [1.29, 1.82) is 0 Å². The molecular weight excluding hydrogens is 199 g/mol. The molecule has 2 atom stereocenters. The van der Waals surface area contributed by atoms with Crippen molar-refractivity contribution in [3.8, 4) is 0 Å². The van der Waals surface area contributed by atoms with Crippen molar-refractivity contribution in [2.24, 2.45) is 5.73 Å². The zero-order chi connectivity index (χ0) is 10.0. The Morgan fingerprint density at radius 2 is 2.23 bits per heavy atom. The van der Waals surface area contributed by atoms with Crippen molar-refractivity contribution in [3.63, 3.8) is 0 Å². The first-order chi connectivity index (χ1) is 6.06. The average Bonchev–Trinajstić information content (AvgIpc) is 2.46. The Hall–Kier alpha value is -0.840. The van der Waals surface area contributed by atoms with E-state index in [1.165, 1.54) is 0 Å². The summed E-state index contributed by atoms with van der Waals surface area (Å²) in [6, 6.07) is -0.832. The third-order valence-electron chi connectivity index (χ3n) is 2.01. The highest BCUT2D eigenvalue weighted by Crippen LogP contribution is 2.20. The lowest BCUT2D eigenvalue weighted by molar-refractivity contribution is -0.135. The number of alkyl halides is 2. The van der Waals surface area contributed by atoms with Crippen molar-refractivity contribution in [1.82, 2.24) is 4.90 Å². The minimum atomic E-state index is -1.18. The highest BCUT2D eigenvalue weighted by molar-refractivity contribution is 6.27. The van der Waals surface area contributed by atoms with Crippen LogP contribution < -0.4 is 5.73 Å². The predicted molar refractivity (Wildman–Crippen MR) is 44.9 cm³/mol. The summed E-state index contributed by atoms with van der Waals surface area (Å²) in [5.41, 5.74) is 5.00. The van der Waals surface area contributed by atoms with E-state index in [9.17, 15) is 14.0 Å². The lowest BCUT2D eigenvalue weighted by Crippen LogP contribution is -2.44. The Bertz CT molecular complexity index is 237. The number of carbonyl (C=O) groups is 2. The van der Waals surface area contributed by atoms with Crippen LogP contribution in [-0.2, 0) is 9.59 Å². The van der Waals surface area contributed by atoms with Crippen LogP contribution in [0.5, 0.6) is 0 Å². The van der Waals surface area contributed by atoms with E-state index in [2.05, 4.69) is 0 Å². The number of carbonyl (C=O) groups excluding carboxylic acids is 2. The summed E-state index contributed by atoms with van der Waals surface area (Å²) < 4.78 is 12.8. The molecule has 0 aliphatic carbocycles. The van der Waals surface area contributed by atoms with Crippen LogP contribution in [-0.4, -0.2) is 41.4 Å². The molecule has 2 N–H and O–H groups in total. The number of likely N-dealkylation sites (tertiary alicyclic amines) is 1. The van der Waals surface area contributed by atoms with Crippen molar-refractivity contribution in [2.75, 3.05) is 12.4 Å². The van der Waals surface area contributed by atoms with Crippen molar-refractivity contribution >= 4 is 23.4 Å². The predicted octanol–water partition coefficient (Wildman–Crippen LogP) is -0.351. The molecule has 1 saturated heterocycles. The molecule has 0 radical (unpaired) electrons. The van der Waals surface area contributed by atoms with Gasteiger partial charge in [-0.2, -0.15) is 0 Å². The summed E-state index contributed by atoms with van der Waals surface area (Å²) >= 11 is 5.28. The van der Waals surface area contributed by atoms with Gasteiger partial charge in [-0.25, -0.2) is 4.39 Å². The Morgan fingerprint density at radius 3 is 2.69 bits per heavy atom. The summed E-state index contributed by atoms with van der Waals surface area (Å²) in [6.45, 7) is -0.0842. The number of hydrogen-bond acceptors (Lipinski definition) is 2. The van der Waals surface area contributed by atoms with Gasteiger partial charge >= 0.3 is 0 Å². The van der Waals surface area contributed by atoms with E-state index < -0.39 is 24.0 Å². The second-order valence-electron chi connectivity index (χ2n) is 2.93. The molecule has 1 aliphatic heterocycles. The van der Waals surface area contributed by atoms with Gasteiger partial charge < -0.3 is 10.6 Å². The molecule has 13 heavy (non-hydrogen) atoms. The number of nitrogens with two attached hydrogens (primary N) is 1. The first kappa shape index (κ1) is 10.2. The molecular formula is C7H10ClFN2O2. The van der Waals surface area contributed by atoms with Gasteiger partial charge in [-0.3, -0.25) is 9.59 Å². The SMILES string of the molecule is NC(=O)C1CC(F)CN1C(=O)CCl. The zero-order valence-electron chi connectivity index (χ0n) is 6.87. The topological polar surface area (TPSA) is 63.4 Å². The maximum absolute atomic E-state index is 12.8. The number of amides is 2. The summed E-state index contributed by atoms with van der Waals surface area (Å²) in [5.74, 6) is -1.39. The maximum Gasteiger partial charge on any atom is 0.240 e. The van der Waals surface area contributed by atoms with Gasteiger partial charge in [0, 0.05) is 6.42 Å². The molecule has 1 heterocycles. The third-order valence-corrected chi connectivity index (χ3v) is 2.24. The number of nitrogens with zero attached hydrogens (tertiary/aromatic N) is 1. The monoisotopic (exact) mass is 208 g/mol. The number of halogens is 2. The number of hydrogen-bond donors (Lipinski definition) is 1. The molecule has 4 nitrogen and oxygen atoms in total. The van der Waals surface area contributed by atoms with Crippen LogP contribution in [0.2, 0.25) is 0 Å². The quantitative estimate of drug-likeness (QED) is 0.631. The molecule has 0 aromatic carbocycles. The average molecular weight is 209 g/mol. The number of rotatable bonds is 2. The van der Waals surface area contributed by atoms with Crippen molar-refractivity contribution < 1.29 is 14.0 Å². The van der Waals surface area contributed by atoms with Gasteiger partial charge in [-0.15, -0.1) is 11.6 Å². The summed E-state index contributed by atoms with van der Waals surface area (Å²) in [7, 11) is 0. The maximum atomic E-state index is 12.8. The van der Waals surface area contributed by atoms with E-state index in [0.717, 1.165) is 4.90 Å². The molecule has 2 amide bonds. The van der Waals surface area contributed by atoms with E-state index in [1.54, 1.807) is 0 Å². The van der Waals surface area contributed by atoms with E-state index in [1.807, 2.05) is 0 Å². The van der Waals surface area contributed by atoms with Crippen LogP contribution in [0.15, 0.2) is 0 Å². The van der Waals surface area contributed by atoms with E-state index in [-0.39, 0.29) is 18.8 Å². The molecule has 74 valence electrons. The zero-order valence-corrected chi connectivity index (χ0v) is 7.63. The van der Waals surface area contributed by atoms with E-state index in [0.29, 0.717) is 0 Å². The largest absolute Gasteiger partial charge is 0.368 e. The highest BCUT2D eigenvalue weighted by atomic mass is 35.5.